The molecule has 1 N–H and O–H groups in total. The summed E-state index contributed by atoms with van der Waals surface area (Å²) in [5.41, 5.74) is 3.72. The lowest BCUT2D eigenvalue weighted by Crippen LogP contribution is -2.35. The fraction of sp³-hybridized carbons (Fsp3) is 0.261. The summed E-state index contributed by atoms with van der Waals surface area (Å²) in [6.45, 7) is 2.09. The first-order valence-electron chi connectivity index (χ1n) is 9.37. The molecule has 2 heterocycles. The van der Waals surface area contributed by atoms with Crippen molar-refractivity contribution in [2.24, 2.45) is 7.05 Å². The molecule has 1 atom stereocenters. The molecule has 29 heavy (non-hydrogen) atoms. The van der Waals surface area contributed by atoms with E-state index in [0.29, 0.717) is 17.5 Å². The number of carbonyl (C=O) groups is 1. The zero-order valence-electron chi connectivity index (χ0n) is 16.8. The average Bonchev–Trinajstić information content (AvgIpc) is 3.12. The van der Waals surface area contributed by atoms with Gasteiger partial charge in [-0.25, -0.2) is 0 Å². The molecule has 0 bridgehead atoms. The van der Waals surface area contributed by atoms with Gasteiger partial charge >= 0.3 is 0 Å². The van der Waals surface area contributed by atoms with Crippen LogP contribution in [0.25, 0.3) is 0 Å². The number of rotatable bonds is 5. The van der Waals surface area contributed by atoms with E-state index in [4.69, 9.17) is 0 Å². The maximum atomic E-state index is 12.8. The van der Waals surface area contributed by atoms with E-state index < -0.39 is 6.10 Å². The van der Waals surface area contributed by atoms with Crippen LogP contribution in [0.3, 0.4) is 0 Å². The largest absolute Gasteiger partial charge is 0.391 e. The van der Waals surface area contributed by atoms with Gasteiger partial charge in [0.25, 0.3) is 5.91 Å². The first-order valence-corrected chi connectivity index (χ1v) is 9.37. The minimum atomic E-state index is -0.644. The molecule has 0 spiro atoms. The Morgan fingerprint density at radius 3 is 2.69 bits per heavy atom. The number of pyridine rings is 1. The summed E-state index contributed by atoms with van der Waals surface area (Å²) in [6, 6.07) is 11.5. The zero-order chi connectivity index (χ0) is 20.8. The minimum absolute atomic E-state index is 0.200. The van der Waals surface area contributed by atoms with Crippen molar-refractivity contribution in [1.29, 1.82) is 0 Å². The van der Waals surface area contributed by atoms with Gasteiger partial charge in [0, 0.05) is 45.0 Å². The Hall–Kier alpha value is -3.43. The van der Waals surface area contributed by atoms with Crippen LogP contribution < -0.4 is 0 Å². The number of hydrogen-bond acceptors (Lipinski definition) is 4. The monoisotopic (exact) mass is 388 g/mol. The highest BCUT2D eigenvalue weighted by atomic mass is 16.3. The number of likely N-dealkylation sites (N-methyl/N-ethyl adjacent to an activating group) is 1. The Balaban J connectivity index is 1.69. The van der Waals surface area contributed by atoms with E-state index in [-0.39, 0.29) is 12.5 Å². The second kappa shape index (κ2) is 9.18. The number of aliphatic hydroxyl groups excluding tert-OH is 1. The molecule has 0 aliphatic heterocycles. The molecular formula is C23H24N4O2. The fourth-order valence-corrected chi connectivity index (χ4v) is 2.97. The zero-order valence-corrected chi connectivity index (χ0v) is 16.8. The van der Waals surface area contributed by atoms with Crippen molar-refractivity contribution in [3.8, 4) is 11.8 Å². The van der Waals surface area contributed by atoms with Crippen molar-refractivity contribution in [3.05, 3.63) is 82.9 Å². The molecule has 6 nitrogen and oxygen atoms in total. The van der Waals surface area contributed by atoms with Crippen molar-refractivity contribution >= 4 is 5.91 Å². The lowest BCUT2D eigenvalue weighted by Gasteiger charge is -2.21. The Kier molecular flexibility index (Phi) is 6.43. The topological polar surface area (TPSA) is 71.2 Å². The molecule has 3 rings (SSSR count). The van der Waals surface area contributed by atoms with Gasteiger partial charge in [-0.2, -0.15) is 5.10 Å². The van der Waals surface area contributed by atoms with Crippen molar-refractivity contribution in [1.82, 2.24) is 19.7 Å². The summed E-state index contributed by atoms with van der Waals surface area (Å²) in [6.07, 6.45) is 4.91. The van der Waals surface area contributed by atoms with E-state index in [2.05, 4.69) is 21.9 Å². The molecule has 1 aromatic carbocycles. The van der Waals surface area contributed by atoms with Crippen molar-refractivity contribution in [2.45, 2.75) is 19.4 Å². The lowest BCUT2D eigenvalue weighted by molar-refractivity contribution is 0.0681. The van der Waals surface area contributed by atoms with E-state index >= 15 is 0 Å². The van der Waals surface area contributed by atoms with Crippen LogP contribution in [-0.4, -0.2) is 50.4 Å². The first-order chi connectivity index (χ1) is 13.9. The molecule has 0 fully saturated rings. The van der Waals surface area contributed by atoms with Crippen LogP contribution in [0.4, 0.5) is 0 Å². The highest BCUT2D eigenvalue weighted by Gasteiger charge is 2.17. The van der Waals surface area contributed by atoms with Crippen molar-refractivity contribution < 1.29 is 9.90 Å². The van der Waals surface area contributed by atoms with Crippen molar-refractivity contribution in [3.63, 3.8) is 0 Å². The van der Waals surface area contributed by atoms with E-state index in [9.17, 15) is 9.90 Å². The maximum absolute atomic E-state index is 12.8. The van der Waals surface area contributed by atoms with Crippen LogP contribution >= 0.6 is 0 Å². The van der Waals surface area contributed by atoms with Crippen LogP contribution in [0.1, 0.15) is 32.7 Å². The standard InChI is InChI=1S/C23H24N4O2/c1-17-20(10-9-19-13-25-27(3)15-19)12-21(14-24-17)23(29)26(2)16-22(28)11-18-7-5-4-6-8-18/h4-8,12-15,22,28H,11,16H2,1-3H3. The Labute approximate surface area is 170 Å². The SMILES string of the molecule is Cc1ncc(C(=O)N(C)CC(O)Cc2ccccc2)cc1C#Cc1cnn(C)c1. The van der Waals surface area contributed by atoms with E-state index in [0.717, 1.165) is 16.8 Å². The third kappa shape index (κ3) is 5.53. The van der Waals surface area contributed by atoms with Crippen LogP contribution in [0.2, 0.25) is 0 Å². The smallest absolute Gasteiger partial charge is 0.255 e. The average molecular weight is 388 g/mol. The molecule has 0 aliphatic rings. The van der Waals surface area contributed by atoms with Crippen LogP contribution in [-0.2, 0) is 13.5 Å². The summed E-state index contributed by atoms with van der Waals surface area (Å²) in [7, 11) is 3.51. The first kappa shape index (κ1) is 20.3. The molecule has 0 radical (unpaired) electrons. The normalized spacial score (nSPS) is 11.4. The number of aryl methyl sites for hydroxylation is 2. The Morgan fingerprint density at radius 1 is 1.24 bits per heavy atom. The lowest BCUT2D eigenvalue weighted by atomic mass is 10.1. The predicted molar refractivity (Wildman–Crippen MR) is 111 cm³/mol. The molecule has 6 heteroatoms. The molecule has 1 amide bonds. The van der Waals surface area contributed by atoms with E-state index in [1.807, 2.05) is 50.5 Å². The van der Waals surface area contributed by atoms with E-state index in [1.165, 1.54) is 4.90 Å². The van der Waals surface area contributed by atoms with Crippen LogP contribution in [0, 0.1) is 18.8 Å². The van der Waals surface area contributed by atoms with Gasteiger partial charge in [0.05, 0.1) is 29.1 Å². The molecule has 2 aromatic heterocycles. The van der Waals surface area contributed by atoms with Crippen LogP contribution in [0.15, 0.2) is 55.0 Å². The van der Waals surface area contributed by atoms with Crippen LogP contribution in [0.5, 0.6) is 0 Å². The third-order valence-electron chi connectivity index (χ3n) is 4.53. The molecule has 148 valence electrons. The van der Waals surface area contributed by atoms with Gasteiger partial charge in [-0.15, -0.1) is 0 Å². The maximum Gasteiger partial charge on any atom is 0.255 e. The summed E-state index contributed by atoms with van der Waals surface area (Å²) in [5.74, 6) is 5.90. The van der Waals surface area contributed by atoms with Crippen molar-refractivity contribution in [2.75, 3.05) is 13.6 Å². The van der Waals surface area contributed by atoms with E-state index in [1.54, 1.807) is 30.2 Å². The number of carbonyl (C=O) groups excluding carboxylic acids is 1. The Morgan fingerprint density at radius 2 is 2.00 bits per heavy atom. The third-order valence-corrected chi connectivity index (χ3v) is 4.53. The minimum Gasteiger partial charge on any atom is -0.391 e. The number of benzene rings is 1. The summed E-state index contributed by atoms with van der Waals surface area (Å²) < 4.78 is 1.69. The highest BCUT2D eigenvalue weighted by Crippen LogP contribution is 2.11. The molecule has 0 saturated carbocycles. The van der Waals surface area contributed by atoms with Gasteiger partial charge < -0.3 is 10.0 Å². The van der Waals surface area contributed by atoms with Gasteiger partial charge in [0.15, 0.2) is 0 Å². The second-order valence-electron chi connectivity index (χ2n) is 7.04. The number of aliphatic hydroxyl groups is 1. The molecule has 3 aromatic rings. The number of aromatic nitrogens is 3. The highest BCUT2D eigenvalue weighted by molar-refractivity contribution is 5.94. The fourth-order valence-electron chi connectivity index (χ4n) is 2.97. The molecular weight excluding hydrogens is 364 g/mol. The van der Waals surface area contributed by atoms with Gasteiger partial charge in [-0.1, -0.05) is 42.2 Å². The van der Waals surface area contributed by atoms with Gasteiger partial charge in [0.1, 0.15) is 0 Å². The molecule has 0 aliphatic carbocycles. The quantitative estimate of drug-likeness (QED) is 0.680. The molecule has 0 saturated heterocycles. The van der Waals surface area contributed by atoms with Gasteiger partial charge in [0.2, 0.25) is 0 Å². The van der Waals surface area contributed by atoms with Gasteiger partial charge in [-0.05, 0) is 18.6 Å². The predicted octanol–water partition coefficient (Wildman–Crippen LogP) is 2.20. The second-order valence-corrected chi connectivity index (χ2v) is 7.04. The number of hydrogen-bond donors (Lipinski definition) is 1. The summed E-state index contributed by atoms with van der Waals surface area (Å²) in [5, 5.41) is 14.4. The molecule has 1 unspecified atom stereocenters. The van der Waals surface area contributed by atoms with Gasteiger partial charge in [-0.3, -0.25) is 14.5 Å². The summed E-state index contributed by atoms with van der Waals surface area (Å²) >= 11 is 0. The Bertz CT molecular complexity index is 1050. The summed E-state index contributed by atoms with van der Waals surface area (Å²) in [4.78, 5) is 18.6. The number of nitrogens with zero attached hydrogens (tertiary/aromatic N) is 4. The number of amides is 1.